The molecule has 0 aromatic carbocycles. The Balaban J connectivity index is 1.91. The molecule has 2 amide bonds. The van der Waals surface area contributed by atoms with Gasteiger partial charge in [-0.1, -0.05) is 23.2 Å². The first-order valence-corrected chi connectivity index (χ1v) is 7.93. The lowest BCUT2D eigenvalue weighted by Gasteiger charge is -2.27. The Morgan fingerprint density at radius 2 is 2.22 bits per heavy atom. The van der Waals surface area contributed by atoms with E-state index < -0.39 is 5.54 Å². The Morgan fingerprint density at radius 1 is 1.52 bits per heavy atom. The first-order chi connectivity index (χ1) is 10.7. The van der Waals surface area contributed by atoms with Gasteiger partial charge in [-0.25, -0.2) is 4.98 Å². The average molecular weight is 360 g/mol. The van der Waals surface area contributed by atoms with Crippen LogP contribution in [0.25, 0.3) is 0 Å². The van der Waals surface area contributed by atoms with E-state index in [1.54, 1.807) is 11.9 Å². The van der Waals surface area contributed by atoms with E-state index in [4.69, 9.17) is 27.9 Å². The standard InChI is InChI=1S/C15H19Cl2N3O3/c1-15(2,8-23-14-11(17)5-10(16)6-18-14)19-13(22)9-4-12(21)20(3)7-9/h5-6,9H,4,7-8H2,1-3H3,(H,19,22). The minimum atomic E-state index is -0.633. The molecule has 23 heavy (non-hydrogen) atoms. The summed E-state index contributed by atoms with van der Waals surface area (Å²) < 4.78 is 5.57. The second-order valence-corrected chi connectivity index (χ2v) is 7.12. The van der Waals surface area contributed by atoms with Crippen molar-refractivity contribution in [3.05, 3.63) is 22.3 Å². The predicted molar refractivity (Wildman–Crippen MR) is 87.7 cm³/mol. The van der Waals surface area contributed by atoms with Crippen molar-refractivity contribution in [2.75, 3.05) is 20.2 Å². The van der Waals surface area contributed by atoms with Gasteiger partial charge in [0, 0.05) is 26.2 Å². The molecule has 1 unspecified atom stereocenters. The lowest BCUT2D eigenvalue weighted by molar-refractivity contribution is -0.129. The van der Waals surface area contributed by atoms with Gasteiger partial charge < -0.3 is 15.0 Å². The van der Waals surface area contributed by atoms with E-state index in [0.29, 0.717) is 16.6 Å². The normalized spacial score (nSPS) is 18.2. The van der Waals surface area contributed by atoms with Gasteiger partial charge in [0.25, 0.3) is 0 Å². The Labute approximate surface area is 145 Å². The lowest BCUT2D eigenvalue weighted by atomic mass is 10.0. The maximum atomic E-state index is 12.3. The lowest BCUT2D eigenvalue weighted by Crippen LogP contribution is -2.50. The number of pyridine rings is 1. The smallest absolute Gasteiger partial charge is 0.232 e. The van der Waals surface area contributed by atoms with Crippen molar-refractivity contribution >= 4 is 35.0 Å². The van der Waals surface area contributed by atoms with Crippen LogP contribution in [0.1, 0.15) is 20.3 Å². The molecule has 1 aliphatic rings. The zero-order valence-corrected chi connectivity index (χ0v) is 14.7. The summed E-state index contributed by atoms with van der Waals surface area (Å²) in [6.07, 6.45) is 1.68. The van der Waals surface area contributed by atoms with Crippen LogP contribution in [0.15, 0.2) is 12.3 Å². The number of nitrogens with zero attached hydrogens (tertiary/aromatic N) is 2. The van der Waals surface area contributed by atoms with Crippen molar-refractivity contribution in [1.29, 1.82) is 0 Å². The van der Waals surface area contributed by atoms with Crippen LogP contribution >= 0.6 is 23.2 Å². The first kappa shape index (κ1) is 17.8. The number of amides is 2. The van der Waals surface area contributed by atoms with Crippen LogP contribution in [-0.2, 0) is 9.59 Å². The minimum Gasteiger partial charge on any atom is -0.474 e. The Kier molecular flexibility index (Phi) is 5.37. The summed E-state index contributed by atoms with van der Waals surface area (Å²) in [6, 6.07) is 1.54. The molecule has 2 heterocycles. The summed E-state index contributed by atoms with van der Waals surface area (Å²) in [5, 5.41) is 3.63. The largest absolute Gasteiger partial charge is 0.474 e. The van der Waals surface area contributed by atoms with Crippen molar-refractivity contribution in [2.45, 2.75) is 25.8 Å². The molecule has 1 fully saturated rings. The number of hydrogen-bond acceptors (Lipinski definition) is 4. The molecule has 1 saturated heterocycles. The molecule has 0 aliphatic carbocycles. The van der Waals surface area contributed by atoms with E-state index in [-0.39, 0.29) is 36.6 Å². The first-order valence-electron chi connectivity index (χ1n) is 7.18. The molecule has 0 radical (unpaired) electrons. The highest BCUT2D eigenvalue weighted by atomic mass is 35.5. The van der Waals surface area contributed by atoms with Crippen molar-refractivity contribution in [2.24, 2.45) is 5.92 Å². The number of rotatable bonds is 5. The van der Waals surface area contributed by atoms with Crippen LogP contribution in [0.4, 0.5) is 0 Å². The molecule has 2 rings (SSSR count). The molecule has 6 nitrogen and oxygen atoms in total. The fraction of sp³-hybridized carbons (Fsp3) is 0.533. The molecular formula is C15H19Cl2N3O3. The summed E-state index contributed by atoms with van der Waals surface area (Å²) in [4.78, 5) is 29.4. The van der Waals surface area contributed by atoms with Gasteiger partial charge >= 0.3 is 0 Å². The Bertz CT molecular complexity index is 622. The third-order valence-corrected chi connectivity index (χ3v) is 3.99. The zero-order chi connectivity index (χ0) is 17.2. The summed E-state index contributed by atoms with van der Waals surface area (Å²) in [6.45, 7) is 4.28. The molecule has 1 aliphatic heterocycles. The van der Waals surface area contributed by atoms with E-state index in [1.165, 1.54) is 12.3 Å². The van der Waals surface area contributed by atoms with Gasteiger partial charge in [-0.2, -0.15) is 0 Å². The predicted octanol–water partition coefficient (Wildman–Crippen LogP) is 2.14. The number of carbonyl (C=O) groups excluding carboxylic acids is 2. The van der Waals surface area contributed by atoms with Crippen molar-refractivity contribution in [3.8, 4) is 5.88 Å². The van der Waals surface area contributed by atoms with Crippen molar-refractivity contribution in [1.82, 2.24) is 15.2 Å². The maximum Gasteiger partial charge on any atom is 0.232 e. The summed E-state index contributed by atoms with van der Waals surface area (Å²) in [7, 11) is 1.69. The SMILES string of the molecule is CN1CC(C(=O)NC(C)(C)COc2ncc(Cl)cc2Cl)CC1=O. The van der Waals surface area contributed by atoms with E-state index in [2.05, 4.69) is 10.3 Å². The highest BCUT2D eigenvalue weighted by Gasteiger charge is 2.34. The highest BCUT2D eigenvalue weighted by molar-refractivity contribution is 6.35. The molecule has 1 aromatic heterocycles. The topological polar surface area (TPSA) is 71.5 Å². The molecule has 1 aromatic rings. The molecule has 8 heteroatoms. The summed E-state index contributed by atoms with van der Waals surface area (Å²) >= 11 is 11.8. The molecule has 1 atom stereocenters. The summed E-state index contributed by atoms with van der Waals surface area (Å²) in [5.74, 6) is -0.249. The van der Waals surface area contributed by atoms with Crippen LogP contribution in [0.3, 0.4) is 0 Å². The van der Waals surface area contributed by atoms with E-state index in [0.717, 1.165) is 0 Å². The van der Waals surface area contributed by atoms with Gasteiger partial charge in [0.15, 0.2) is 0 Å². The van der Waals surface area contributed by atoms with Gasteiger partial charge in [-0.15, -0.1) is 0 Å². The number of aromatic nitrogens is 1. The maximum absolute atomic E-state index is 12.3. The quantitative estimate of drug-likeness (QED) is 0.873. The van der Waals surface area contributed by atoms with Crippen LogP contribution in [0, 0.1) is 5.92 Å². The van der Waals surface area contributed by atoms with Crippen LogP contribution in [-0.4, -0.2) is 47.4 Å². The monoisotopic (exact) mass is 359 g/mol. The number of carbonyl (C=O) groups is 2. The molecule has 0 bridgehead atoms. The molecular weight excluding hydrogens is 341 g/mol. The van der Waals surface area contributed by atoms with Gasteiger partial charge in [-0.3, -0.25) is 9.59 Å². The van der Waals surface area contributed by atoms with Gasteiger partial charge in [0.05, 0.1) is 16.5 Å². The fourth-order valence-corrected chi connectivity index (χ4v) is 2.70. The number of halogens is 2. The highest BCUT2D eigenvalue weighted by Crippen LogP contribution is 2.25. The third-order valence-electron chi connectivity index (χ3n) is 3.52. The van der Waals surface area contributed by atoms with Crippen LogP contribution in [0.2, 0.25) is 10.0 Å². The molecule has 1 N–H and O–H groups in total. The van der Waals surface area contributed by atoms with Crippen molar-refractivity contribution < 1.29 is 14.3 Å². The second-order valence-electron chi connectivity index (χ2n) is 6.28. The van der Waals surface area contributed by atoms with Crippen molar-refractivity contribution in [3.63, 3.8) is 0 Å². The van der Waals surface area contributed by atoms with Gasteiger partial charge in [0.1, 0.15) is 11.6 Å². The van der Waals surface area contributed by atoms with Gasteiger partial charge in [-0.05, 0) is 19.9 Å². The third kappa shape index (κ3) is 4.72. The number of nitrogens with one attached hydrogen (secondary N) is 1. The second kappa shape index (κ2) is 6.93. The van der Waals surface area contributed by atoms with E-state index in [9.17, 15) is 9.59 Å². The van der Waals surface area contributed by atoms with Crippen LogP contribution < -0.4 is 10.1 Å². The van der Waals surface area contributed by atoms with Gasteiger partial charge in [0.2, 0.25) is 17.7 Å². The molecule has 126 valence electrons. The molecule has 0 saturated carbocycles. The van der Waals surface area contributed by atoms with Crippen LogP contribution in [0.5, 0.6) is 5.88 Å². The number of hydrogen-bond donors (Lipinski definition) is 1. The Hall–Kier alpha value is -1.53. The van der Waals surface area contributed by atoms with E-state index >= 15 is 0 Å². The number of ether oxygens (including phenoxy) is 1. The fourth-order valence-electron chi connectivity index (χ4n) is 2.27. The average Bonchev–Trinajstić information content (AvgIpc) is 2.77. The Morgan fingerprint density at radius 3 is 2.78 bits per heavy atom. The van der Waals surface area contributed by atoms with E-state index in [1.807, 2.05) is 13.8 Å². The number of likely N-dealkylation sites (tertiary alicyclic amines) is 1. The summed E-state index contributed by atoms with van der Waals surface area (Å²) in [5.41, 5.74) is -0.633. The molecule has 0 spiro atoms. The zero-order valence-electron chi connectivity index (χ0n) is 13.2. The minimum absolute atomic E-state index is 0.0173.